The number of fused-ring (bicyclic) bond motifs is 1. The molecule has 1 aromatic heterocycles. The Bertz CT molecular complexity index is 678. The third-order valence-corrected chi connectivity index (χ3v) is 4.65. The SMILES string of the molecule is CC(C)(C)C1CCCCC1Nc1ccc2oc(=O)[nH]c2c1. The second kappa shape index (κ2) is 5.24. The van der Waals surface area contributed by atoms with Crippen LogP contribution in [0, 0.1) is 11.3 Å². The highest BCUT2D eigenvalue weighted by Gasteiger charge is 2.34. The Morgan fingerprint density at radius 1 is 1.24 bits per heavy atom. The number of benzene rings is 1. The van der Waals surface area contributed by atoms with Crippen molar-refractivity contribution in [1.82, 2.24) is 4.98 Å². The average Bonchev–Trinajstić information content (AvgIpc) is 2.77. The lowest BCUT2D eigenvalue weighted by molar-refractivity contribution is 0.163. The van der Waals surface area contributed by atoms with Crippen LogP contribution < -0.4 is 11.1 Å². The third-order valence-electron chi connectivity index (χ3n) is 4.65. The predicted molar refractivity (Wildman–Crippen MR) is 85.7 cm³/mol. The van der Waals surface area contributed by atoms with Crippen LogP contribution in [0.1, 0.15) is 46.5 Å². The van der Waals surface area contributed by atoms with E-state index in [-0.39, 0.29) is 0 Å². The van der Waals surface area contributed by atoms with Crippen LogP contribution in [-0.4, -0.2) is 11.0 Å². The van der Waals surface area contributed by atoms with E-state index in [1.807, 2.05) is 18.2 Å². The summed E-state index contributed by atoms with van der Waals surface area (Å²) in [6, 6.07) is 6.31. The van der Waals surface area contributed by atoms with Crippen molar-refractivity contribution in [3.05, 3.63) is 28.7 Å². The first kappa shape index (κ1) is 14.2. The minimum absolute atomic E-state index is 0.312. The number of aromatic amines is 1. The molecule has 1 heterocycles. The quantitative estimate of drug-likeness (QED) is 0.873. The van der Waals surface area contributed by atoms with Gasteiger partial charge in [0.1, 0.15) is 0 Å². The molecular weight excluding hydrogens is 264 g/mol. The van der Waals surface area contributed by atoms with Gasteiger partial charge >= 0.3 is 5.76 Å². The first-order chi connectivity index (χ1) is 9.93. The molecule has 0 bridgehead atoms. The van der Waals surface area contributed by atoms with Gasteiger partial charge in [-0.05, 0) is 42.4 Å². The molecule has 2 atom stereocenters. The summed E-state index contributed by atoms with van der Waals surface area (Å²) >= 11 is 0. The Morgan fingerprint density at radius 2 is 2.00 bits per heavy atom. The van der Waals surface area contributed by atoms with Gasteiger partial charge in [0.25, 0.3) is 0 Å². The minimum atomic E-state index is -0.396. The Kier molecular flexibility index (Phi) is 3.56. The van der Waals surface area contributed by atoms with Gasteiger partial charge in [-0.3, -0.25) is 4.98 Å². The zero-order valence-electron chi connectivity index (χ0n) is 13.0. The van der Waals surface area contributed by atoms with Crippen molar-refractivity contribution in [1.29, 1.82) is 0 Å². The van der Waals surface area contributed by atoms with Crippen molar-refractivity contribution in [2.75, 3.05) is 5.32 Å². The normalized spacial score (nSPS) is 23.4. The fourth-order valence-electron chi connectivity index (χ4n) is 3.60. The first-order valence-electron chi connectivity index (χ1n) is 7.83. The first-order valence-corrected chi connectivity index (χ1v) is 7.83. The van der Waals surface area contributed by atoms with E-state index in [4.69, 9.17) is 4.42 Å². The number of hydrogen-bond donors (Lipinski definition) is 2. The van der Waals surface area contributed by atoms with Gasteiger partial charge in [-0.25, -0.2) is 4.79 Å². The van der Waals surface area contributed by atoms with Crippen LogP contribution in [-0.2, 0) is 0 Å². The number of anilines is 1. The largest absolute Gasteiger partial charge is 0.417 e. The van der Waals surface area contributed by atoms with E-state index >= 15 is 0 Å². The van der Waals surface area contributed by atoms with Crippen LogP contribution >= 0.6 is 0 Å². The highest BCUT2D eigenvalue weighted by molar-refractivity contribution is 5.76. The van der Waals surface area contributed by atoms with Gasteiger partial charge in [-0.1, -0.05) is 33.6 Å². The maximum Gasteiger partial charge on any atom is 0.417 e. The molecule has 3 rings (SSSR count). The minimum Gasteiger partial charge on any atom is -0.408 e. The summed E-state index contributed by atoms with van der Waals surface area (Å²) in [5.41, 5.74) is 2.74. The molecule has 1 aliphatic rings. The Morgan fingerprint density at radius 3 is 2.76 bits per heavy atom. The highest BCUT2D eigenvalue weighted by Crippen LogP contribution is 2.39. The molecule has 4 heteroatoms. The lowest BCUT2D eigenvalue weighted by Crippen LogP contribution is -2.39. The van der Waals surface area contributed by atoms with Crippen molar-refractivity contribution < 1.29 is 4.42 Å². The smallest absolute Gasteiger partial charge is 0.408 e. The maximum atomic E-state index is 11.2. The third kappa shape index (κ3) is 2.99. The molecule has 1 fully saturated rings. The average molecular weight is 288 g/mol. The molecule has 4 nitrogen and oxygen atoms in total. The zero-order chi connectivity index (χ0) is 15.0. The summed E-state index contributed by atoms with van der Waals surface area (Å²) in [4.78, 5) is 13.9. The number of oxazole rings is 1. The number of hydrogen-bond acceptors (Lipinski definition) is 3. The van der Waals surface area contributed by atoms with Gasteiger partial charge in [-0.15, -0.1) is 0 Å². The number of H-pyrrole nitrogens is 1. The summed E-state index contributed by atoms with van der Waals surface area (Å²) in [7, 11) is 0. The van der Waals surface area contributed by atoms with Crippen molar-refractivity contribution >= 4 is 16.8 Å². The predicted octanol–water partition coefficient (Wildman–Crippen LogP) is 4.14. The second-order valence-electron chi connectivity index (χ2n) is 7.23. The summed E-state index contributed by atoms with van der Waals surface area (Å²) in [5, 5.41) is 3.68. The second-order valence-corrected chi connectivity index (χ2v) is 7.23. The molecule has 0 amide bonds. The lowest BCUT2D eigenvalue weighted by Gasteiger charge is -2.41. The molecule has 21 heavy (non-hydrogen) atoms. The topological polar surface area (TPSA) is 58.0 Å². The fraction of sp³-hybridized carbons (Fsp3) is 0.588. The lowest BCUT2D eigenvalue weighted by atomic mass is 9.69. The molecule has 114 valence electrons. The van der Waals surface area contributed by atoms with E-state index in [9.17, 15) is 4.79 Å². The molecule has 0 aliphatic heterocycles. The number of aromatic nitrogens is 1. The molecule has 2 N–H and O–H groups in total. The Labute approximate surface area is 124 Å². The van der Waals surface area contributed by atoms with Gasteiger partial charge in [0.15, 0.2) is 5.58 Å². The number of rotatable bonds is 2. The maximum absolute atomic E-state index is 11.2. The highest BCUT2D eigenvalue weighted by atomic mass is 16.4. The van der Waals surface area contributed by atoms with E-state index in [2.05, 4.69) is 31.1 Å². The van der Waals surface area contributed by atoms with Crippen LogP contribution in [0.15, 0.2) is 27.4 Å². The van der Waals surface area contributed by atoms with Crippen LogP contribution in [0.5, 0.6) is 0 Å². The summed E-state index contributed by atoms with van der Waals surface area (Å²) in [5.74, 6) is 0.276. The van der Waals surface area contributed by atoms with E-state index < -0.39 is 5.76 Å². The van der Waals surface area contributed by atoms with Crippen LogP contribution in [0.2, 0.25) is 0 Å². The van der Waals surface area contributed by atoms with Gasteiger partial charge in [0, 0.05) is 11.7 Å². The molecule has 1 saturated carbocycles. The summed E-state index contributed by atoms with van der Waals surface area (Å²) in [6.07, 6.45) is 5.11. The standard InChI is InChI=1S/C17H24N2O2/c1-17(2,3)12-6-4-5-7-13(12)18-11-8-9-15-14(10-11)19-16(20)21-15/h8-10,12-13,18H,4-7H2,1-3H3,(H,19,20). The Hall–Kier alpha value is -1.71. The van der Waals surface area contributed by atoms with E-state index in [0.29, 0.717) is 23.0 Å². The van der Waals surface area contributed by atoms with Crippen molar-refractivity contribution in [3.63, 3.8) is 0 Å². The molecule has 2 aromatic rings. The van der Waals surface area contributed by atoms with E-state index in [1.165, 1.54) is 25.7 Å². The van der Waals surface area contributed by atoms with Crippen molar-refractivity contribution in [3.8, 4) is 0 Å². The van der Waals surface area contributed by atoms with Crippen molar-refractivity contribution in [2.24, 2.45) is 11.3 Å². The van der Waals surface area contributed by atoms with E-state index in [1.54, 1.807) is 0 Å². The molecule has 0 radical (unpaired) electrons. The van der Waals surface area contributed by atoms with Crippen LogP contribution in [0.3, 0.4) is 0 Å². The van der Waals surface area contributed by atoms with Crippen LogP contribution in [0.4, 0.5) is 5.69 Å². The number of nitrogens with one attached hydrogen (secondary N) is 2. The Balaban J connectivity index is 1.83. The molecule has 1 aliphatic carbocycles. The molecule has 2 unspecified atom stereocenters. The van der Waals surface area contributed by atoms with Gasteiger partial charge in [0.05, 0.1) is 5.52 Å². The molecule has 0 spiro atoms. The molecule has 0 saturated heterocycles. The monoisotopic (exact) mass is 288 g/mol. The van der Waals surface area contributed by atoms with Gasteiger partial charge < -0.3 is 9.73 Å². The fourth-order valence-corrected chi connectivity index (χ4v) is 3.60. The molecule has 1 aromatic carbocycles. The summed E-state index contributed by atoms with van der Waals surface area (Å²) in [6.45, 7) is 6.98. The van der Waals surface area contributed by atoms with Gasteiger partial charge in [-0.2, -0.15) is 0 Å². The van der Waals surface area contributed by atoms with Crippen molar-refractivity contribution in [2.45, 2.75) is 52.5 Å². The van der Waals surface area contributed by atoms with E-state index in [0.717, 1.165) is 11.2 Å². The summed E-state index contributed by atoms with van der Waals surface area (Å²) < 4.78 is 5.05. The van der Waals surface area contributed by atoms with Gasteiger partial charge in [0.2, 0.25) is 0 Å². The zero-order valence-corrected chi connectivity index (χ0v) is 13.0. The van der Waals surface area contributed by atoms with Crippen LogP contribution in [0.25, 0.3) is 11.1 Å². The molecular formula is C17H24N2O2.